The predicted octanol–water partition coefficient (Wildman–Crippen LogP) is 6.10. The minimum atomic E-state index is -2.12. The van der Waals surface area contributed by atoms with Crippen LogP contribution in [0.3, 0.4) is 0 Å². The van der Waals surface area contributed by atoms with Gasteiger partial charge in [-0.1, -0.05) is 71.9 Å². The van der Waals surface area contributed by atoms with E-state index in [1.807, 2.05) is 26.2 Å². The van der Waals surface area contributed by atoms with Crippen molar-refractivity contribution in [1.29, 1.82) is 0 Å². The smallest absolute Gasteiger partial charge is 0.312 e. The van der Waals surface area contributed by atoms with Gasteiger partial charge in [0.25, 0.3) is 11.7 Å². The number of hydrogen-bond acceptors (Lipinski definition) is 27. The van der Waals surface area contributed by atoms with Crippen molar-refractivity contribution in [2.75, 3.05) is 164 Å². The third kappa shape index (κ3) is 28.2. The first-order valence-corrected chi connectivity index (χ1v) is 40.0. The number of phenolic OH excluding ortho intramolecular Hbond substituents is 1. The highest BCUT2D eigenvalue weighted by atomic mass is 16.7. The summed E-state index contributed by atoms with van der Waals surface area (Å²) in [6.07, 6.45) is 3.61. The number of urea groups is 1. The number of nitrogens with two attached hydrogens (primary N) is 2. The lowest BCUT2D eigenvalue weighted by molar-refractivity contribution is -0.903. The number of allylic oxidation sites excluding steroid dienone is 2. The van der Waals surface area contributed by atoms with Gasteiger partial charge in [0.05, 0.1) is 155 Å². The summed E-state index contributed by atoms with van der Waals surface area (Å²) in [5, 5.41) is 48.6. The molecule has 3 aliphatic heterocycles. The summed E-state index contributed by atoms with van der Waals surface area (Å²) >= 11 is 0. The molecular weight excluding hydrogens is 1530 g/mol. The van der Waals surface area contributed by atoms with E-state index >= 15 is 9.59 Å². The number of esters is 1. The maximum Gasteiger partial charge on any atom is 0.312 e. The standard InChI is InChI=1S/C84H121N9O25/c1-50(2)69(91-65(95)26-30-106-34-36-108-38-40-110-42-44-112-46-47-113-45-43-111-41-39-109-37-35-107-32-27-85)82(103)90-62(18-15-28-87-83(86)104)81(102)88-59-21-19-58(20-22-59)49-93(11,12)29-33-114-60-23-24-61-64(48-60)117-78-70(89-61)66-67-74(98)56(8)77-68(66)79(100)84(10,118-77)115-31-25-63(105-13)53(5)76(116-57(9)94)55(7)73(97)54(6)72(96)51(3)16-14-17-52(4)80(101)92-71(78)75(67)99/h14,16-17,19-25,31,48,50-51,53-55,62-63,69,72-73,76,96-97H,15,18,26-30,32-47,49,85H2,1-13H3,(H7-,86,87,88,89,90,91,92,95,98,99,100,101,102,103,104)/p+1/b16-14+,31-25+,52-17-/t51-,53+,54+,55+,62-,63-,69-,72-,73+,76+,84-/m0/s1. The van der Waals surface area contributed by atoms with Gasteiger partial charge in [-0.15, -0.1) is 0 Å². The highest BCUT2D eigenvalue weighted by Crippen LogP contribution is 2.51. The van der Waals surface area contributed by atoms with Crippen LogP contribution in [0, 0.1) is 36.5 Å². The van der Waals surface area contributed by atoms with Gasteiger partial charge in [-0.2, -0.15) is 0 Å². The van der Waals surface area contributed by atoms with E-state index in [-0.39, 0.29) is 114 Å². The average Bonchev–Trinajstić information content (AvgIpc) is 1.49. The minimum Gasteiger partial charge on any atom is -0.507 e. The first-order valence-electron chi connectivity index (χ1n) is 40.0. The number of likely N-dealkylation sites (N-methyl/N-ethyl adjacent to an activating group) is 1. The molecule has 11 atom stereocenters. The van der Waals surface area contributed by atoms with Gasteiger partial charge in [0.15, 0.2) is 11.3 Å². The molecule has 3 aromatic carbocycles. The highest BCUT2D eigenvalue weighted by molar-refractivity contribution is 6.22. The summed E-state index contributed by atoms with van der Waals surface area (Å²) in [5.74, 6) is -9.46. The molecule has 1 aliphatic carbocycles. The van der Waals surface area contributed by atoms with Crippen LogP contribution in [-0.4, -0.2) is 262 Å². The number of carbonyl (C=O) groups excluding carboxylic acids is 7. The fraction of sp³-hybridized carbons (Fsp3) is 0.583. The summed E-state index contributed by atoms with van der Waals surface area (Å²) in [4.78, 5) is 115. The molecule has 0 radical (unpaired) electrons. The zero-order chi connectivity index (χ0) is 86.2. The van der Waals surface area contributed by atoms with E-state index in [1.54, 1.807) is 84.0 Å². The number of amides is 6. The number of primary amides is 1. The molecule has 7 rings (SSSR count). The maximum atomic E-state index is 15.1. The van der Waals surface area contributed by atoms with Gasteiger partial charge in [0, 0.05) is 98.0 Å². The number of aliphatic hydroxyl groups is 2. The molecule has 0 aromatic heterocycles. The molecule has 34 nitrogen and oxygen atoms in total. The van der Waals surface area contributed by atoms with Crippen LogP contribution in [0.2, 0.25) is 0 Å². The highest BCUT2D eigenvalue weighted by Gasteiger charge is 2.50. The van der Waals surface area contributed by atoms with Crippen LogP contribution in [0.5, 0.6) is 17.2 Å². The van der Waals surface area contributed by atoms with Gasteiger partial charge in [-0.05, 0) is 62.9 Å². The third-order valence-electron chi connectivity index (χ3n) is 20.3. The Morgan fingerprint density at radius 2 is 1.33 bits per heavy atom. The fourth-order valence-corrected chi connectivity index (χ4v) is 13.5. The molecule has 652 valence electrons. The van der Waals surface area contributed by atoms with Gasteiger partial charge in [0.2, 0.25) is 23.2 Å². The monoisotopic (exact) mass is 1660 g/mol. The molecule has 4 bridgehead atoms. The summed E-state index contributed by atoms with van der Waals surface area (Å²) in [6, 6.07) is 9.24. The van der Waals surface area contributed by atoms with E-state index in [2.05, 4.69) is 26.6 Å². The number of rotatable bonds is 44. The summed E-state index contributed by atoms with van der Waals surface area (Å²) in [5.41, 5.74) is 10.9. The zero-order valence-electron chi connectivity index (χ0n) is 70.1. The Kier molecular flexibility index (Phi) is 38.6. The van der Waals surface area contributed by atoms with E-state index in [0.29, 0.717) is 121 Å². The number of quaternary nitrogens is 1. The van der Waals surface area contributed by atoms with Crippen LogP contribution >= 0.6 is 0 Å². The second kappa shape index (κ2) is 47.5. The van der Waals surface area contributed by atoms with Crippen molar-refractivity contribution in [1.82, 2.24) is 20.9 Å². The van der Waals surface area contributed by atoms with Crippen molar-refractivity contribution >= 4 is 74.7 Å². The summed E-state index contributed by atoms with van der Waals surface area (Å²) in [6.45, 7) is 24.0. The van der Waals surface area contributed by atoms with E-state index < -0.39 is 124 Å². The van der Waals surface area contributed by atoms with Crippen molar-refractivity contribution < 1.29 is 119 Å². The van der Waals surface area contributed by atoms with Gasteiger partial charge in [-0.3, -0.25) is 33.6 Å². The number of nitrogens with zero attached hydrogens (tertiary/aromatic N) is 2. The average molecular weight is 1660 g/mol. The molecule has 0 unspecified atom stereocenters. The Morgan fingerprint density at radius 3 is 1.90 bits per heavy atom. The molecule has 3 heterocycles. The van der Waals surface area contributed by atoms with Gasteiger partial charge in [-0.25, -0.2) is 9.78 Å². The first-order chi connectivity index (χ1) is 56.3. The number of Topliss-reactive ketones (excluding diaryl/α,β-unsaturated/α-hetero) is 1. The Morgan fingerprint density at radius 1 is 0.737 bits per heavy atom. The van der Waals surface area contributed by atoms with Crippen molar-refractivity contribution in [2.24, 2.45) is 41.1 Å². The number of anilines is 2. The molecule has 12 N–H and O–H groups in total. The molecule has 0 spiro atoms. The number of ether oxygens (including phenoxy) is 13. The molecule has 34 heteroatoms. The van der Waals surface area contributed by atoms with Crippen LogP contribution in [0.4, 0.5) is 16.2 Å². The predicted molar refractivity (Wildman–Crippen MR) is 438 cm³/mol. The van der Waals surface area contributed by atoms with E-state index in [9.17, 15) is 44.1 Å². The second-order valence-corrected chi connectivity index (χ2v) is 30.4. The second-order valence-electron chi connectivity index (χ2n) is 30.4. The lowest BCUT2D eigenvalue weighted by Crippen LogP contribution is -2.54. The number of aliphatic hydroxyl groups excluding tert-OH is 2. The van der Waals surface area contributed by atoms with Gasteiger partial charge < -0.3 is 124 Å². The molecule has 0 saturated heterocycles. The molecule has 4 aliphatic rings. The number of ketones is 1. The van der Waals surface area contributed by atoms with Gasteiger partial charge >= 0.3 is 17.8 Å². The number of phenols is 1. The van der Waals surface area contributed by atoms with E-state index in [4.69, 9.17) is 82.4 Å². The quantitative estimate of drug-likeness (QED) is 0.00692. The largest absolute Gasteiger partial charge is 0.507 e. The molecule has 118 heavy (non-hydrogen) atoms. The summed E-state index contributed by atoms with van der Waals surface area (Å²) in [7, 11) is 5.45. The Hall–Kier alpha value is -9.27. The number of aromatic nitrogens is 1. The molecule has 0 saturated carbocycles. The number of fused-ring (bicyclic) bond motifs is 2. The Labute approximate surface area is 688 Å². The van der Waals surface area contributed by atoms with E-state index in [1.165, 1.54) is 53.2 Å². The number of nitrogens with one attached hydrogen (secondary N) is 5. The van der Waals surface area contributed by atoms with Crippen molar-refractivity contribution in [3.05, 3.63) is 106 Å². The van der Waals surface area contributed by atoms with Crippen LogP contribution in [-0.2, 0) is 82.6 Å². The van der Waals surface area contributed by atoms with Gasteiger partial charge in [0.1, 0.15) is 72.0 Å². The molecule has 6 amide bonds. The Balaban J connectivity index is 0.951. The number of aromatic hydroxyl groups is 1. The minimum absolute atomic E-state index is 0.0105. The topological polar surface area (TPSA) is 455 Å². The zero-order valence-corrected chi connectivity index (χ0v) is 70.1. The molecule has 3 aromatic rings. The van der Waals surface area contributed by atoms with Crippen LogP contribution in [0.15, 0.2) is 87.8 Å². The lowest BCUT2D eigenvalue weighted by atomic mass is 9.78. The van der Waals surface area contributed by atoms with Crippen LogP contribution in [0.25, 0.3) is 33.3 Å². The third-order valence-corrected chi connectivity index (χ3v) is 20.3. The maximum absolute atomic E-state index is 15.1. The Bertz CT molecular complexity index is 4250. The molecule has 0 fully saturated rings. The van der Waals surface area contributed by atoms with Crippen molar-refractivity contribution in [2.45, 2.75) is 137 Å². The lowest BCUT2D eigenvalue weighted by Gasteiger charge is -2.38. The molecular formula is C84H122N9O25+. The SMILES string of the molecule is CO[C@H]1/C=C/O[C@@]2(C)Oc3c(C)c(O)c4c(=O)c(c5oc6cc(OCC[N+](C)(C)Cc7ccc(NC(=O)[C@H](CCCNC(N)=O)NC(=O)[C@@H](NC(=O)CCOCCOCCOCCOCCOCCOCCOCCOCCN)C(C)C)cc7)ccc6nc-5c4c3C2=O)NC(=O)/C(C)=C\C=C\[C@H](C)[C@H](O)[C@@H](C)[C@@H](O)[C@@H](C)[C@H](OC(C)=O)[C@@H]1C. The fourth-order valence-electron chi connectivity index (χ4n) is 13.5. The van der Waals surface area contributed by atoms with Crippen molar-refractivity contribution in [3.63, 3.8) is 0 Å². The first kappa shape index (κ1) is 95.9. The van der Waals surface area contributed by atoms with Crippen LogP contribution < -0.4 is 53.0 Å². The van der Waals surface area contributed by atoms with Crippen molar-refractivity contribution in [3.8, 4) is 28.7 Å². The summed E-state index contributed by atoms with van der Waals surface area (Å²) < 4.78 is 81.3. The van der Waals surface area contributed by atoms with Crippen LogP contribution in [0.1, 0.15) is 103 Å². The number of hydrogen-bond donors (Lipinski definition) is 10. The number of benzene rings is 4. The number of methoxy groups -OCH3 is 1. The number of carbonyl (C=O) groups is 7. The normalized spacial score (nSPS) is 21.5. The van der Waals surface area contributed by atoms with E-state index in [0.717, 1.165) is 5.56 Å².